The van der Waals surface area contributed by atoms with E-state index in [0.29, 0.717) is 0 Å². The second kappa shape index (κ2) is 14.3. The average Bonchev–Trinajstić information content (AvgIpc) is 3.80. The molecule has 7 aromatic carbocycles. The Morgan fingerprint density at radius 2 is 1.14 bits per heavy atom. The molecule has 1 aromatic heterocycles. The molecule has 8 aromatic rings. The maximum atomic E-state index is 7.62. The fraction of sp³-hybridized carbons (Fsp3) is 0.364. The predicted octanol–water partition coefficient (Wildman–Crippen LogP) is 16.8. The van der Waals surface area contributed by atoms with Gasteiger partial charge in [-0.1, -0.05) is 174 Å². The van der Waals surface area contributed by atoms with Gasteiger partial charge >= 0.3 is 6.85 Å². The Labute approximate surface area is 417 Å². The van der Waals surface area contributed by atoms with E-state index in [-0.39, 0.29) is 39.5 Å². The summed E-state index contributed by atoms with van der Waals surface area (Å²) in [6.07, 6.45) is 7.16. The second-order valence-electron chi connectivity index (χ2n) is 25.9. The van der Waals surface area contributed by atoms with E-state index in [9.17, 15) is 0 Å². The van der Waals surface area contributed by atoms with Gasteiger partial charge in [-0.25, -0.2) is 0 Å². The molecule has 13 rings (SSSR count). The number of anilines is 4. The van der Waals surface area contributed by atoms with Crippen LogP contribution in [0.5, 0.6) is 0 Å². The maximum Gasteiger partial charge on any atom is 0.329 e. The van der Waals surface area contributed by atoms with Crippen LogP contribution in [0.15, 0.2) is 132 Å². The lowest BCUT2D eigenvalue weighted by atomic mass is 9.42. The van der Waals surface area contributed by atoms with Gasteiger partial charge in [-0.2, -0.15) is 0 Å². The zero-order valence-electron chi connectivity index (χ0n) is 43.7. The first-order chi connectivity index (χ1) is 33.2. The van der Waals surface area contributed by atoms with E-state index in [1.807, 2.05) is 0 Å². The SMILES string of the molecule is CC(C)(C)c1ccc(N2c3cc(-c4ccccc4)cc4c3B(c3ccc5c(oc6cc7c(cc65)C(C)(C)CCC7(C)C)c32)N2c3c-4cc(C(C)(C)C)cc3C3(C)CCCCC23C)c(-c2ccccc2)c1. The van der Waals surface area contributed by atoms with E-state index in [0.717, 1.165) is 24.0 Å². The summed E-state index contributed by atoms with van der Waals surface area (Å²) in [5, 5.41) is 2.41. The number of hydrogen-bond donors (Lipinski definition) is 0. The Hall–Kier alpha value is -6.00. The van der Waals surface area contributed by atoms with Gasteiger partial charge in [-0.05, 0) is 158 Å². The molecule has 5 aliphatic rings. The zero-order valence-corrected chi connectivity index (χ0v) is 43.7. The molecule has 0 saturated heterocycles. The highest BCUT2D eigenvalue weighted by Crippen LogP contribution is 2.64. The Bertz CT molecular complexity index is 3510. The standard InChI is InChI=1S/C66H69BN2O/c1-61(2,3)43-25-28-54(46(35-43)41-23-17-14-18-24-41)68-55-34-42(40-21-15-13-16-22-40)33-48-49-36-44(62(4,5)6)37-52-58(49)69(66(12)30-20-19-29-65(52,66)11)67(57(48)55)53-27-26-45-47-38-50-51(39-56(47)70-60(45)59(53)68)64(9,10)32-31-63(50,7)8/h13-18,21-28,33-39H,19-20,29-32H2,1-12H3. The van der Waals surface area contributed by atoms with Crippen molar-refractivity contribution in [3.05, 3.63) is 155 Å². The number of fused-ring (bicyclic) bond motifs is 12. The van der Waals surface area contributed by atoms with Gasteiger partial charge in [-0.15, -0.1) is 0 Å². The van der Waals surface area contributed by atoms with Crippen molar-refractivity contribution in [1.82, 2.24) is 0 Å². The fourth-order valence-electron chi connectivity index (χ4n) is 14.2. The number of furan rings is 1. The number of nitrogens with zero attached hydrogens (tertiary/aromatic N) is 2. The van der Waals surface area contributed by atoms with E-state index in [1.165, 1.54) is 126 Å². The quantitative estimate of drug-likeness (QED) is 0.165. The average molecular weight is 917 g/mol. The fourth-order valence-corrected chi connectivity index (χ4v) is 14.2. The molecular formula is C66H69BN2O. The van der Waals surface area contributed by atoms with E-state index in [1.54, 1.807) is 5.56 Å². The van der Waals surface area contributed by atoms with Gasteiger partial charge in [0, 0.05) is 44.2 Å². The summed E-state index contributed by atoms with van der Waals surface area (Å²) in [4.78, 5) is 5.65. The molecule has 0 radical (unpaired) electrons. The molecule has 70 heavy (non-hydrogen) atoms. The maximum absolute atomic E-state index is 7.62. The van der Waals surface area contributed by atoms with Crippen molar-refractivity contribution in [3.63, 3.8) is 0 Å². The van der Waals surface area contributed by atoms with Crippen LogP contribution in [0.2, 0.25) is 0 Å². The van der Waals surface area contributed by atoms with Crippen LogP contribution in [-0.2, 0) is 27.1 Å². The van der Waals surface area contributed by atoms with E-state index in [2.05, 4.69) is 220 Å². The molecular weight excluding hydrogens is 848 g/mol. The summed E-state index contributed by atoms with van der Waals surface area (Å²) in [5.41, 5.74) is 24.5. The molecule has 1 saturated carbocycles. The van der Waals surface area contributed by atoms with Crippen LogP contribution >= 0.6 is 0 Å². The number of hydrogen-bond acceptors (Lipinski definition) is 3. The van der Waals surface area contributed by atoms with Crippen molar-refractivity contribution in [2.45, 2.75) is 154 Å². The molecule has 2 aliphatic carbocycles. The van der Waals surface area contributed by atoms with Crippen molar-refractivity contribution in [2.24, 2.45) is 0 Å². The number of benzene rings is 7. The monoisotopic (exact) mass is 917 g/mol. The molecule has 3 aliphatic heterocycles. The zero-order chi connectivity index (χ0) is 48.7. The molecule has 0 spiro atoms. The lowest BCUT2D eigenvalue weighted by molar-refractivity contribution is 0.199. The summed E-state index contributed by atoms with van der Waals surface area (Å²) < 4.78 is 7.62. The van der Waals surface area contributed by atoms with Crippen LogP contribution < -0.4 is 20.6 Å². The molecule has 0 bridgehead atoms. The van der Waals surface area contributed by atoms with E-state index in [4.69, 9.17) is 4.42 Å². The normalized spacial score (nSPS) is 21.6. The Morgan fingerprint density at radius 1 is 0.500 bits per heavy atom. The lowest BCUT2D eigenvalue weighted by Gasteiger charge is -2.55. The lowest BCUT2D eigenvalue weighted by Crippen LogP contribution is -2.70. The van der Waals surface area contributed by atoms with Gasteiger partial charge in [0.2, 0.25) is 0 Å². The highest BCUT2D eigenvalue weighted by atomic mass is 16.3. The van der Waals surface area contributed by atoms with Gasteiger partial charge < -0.3 is 14.1 Å². The van der Waals surface area contributed by atoms with Gasteiger partial charge in [0.05, 0.1) is 11.4 Å². The third-order valence-electron chi connectivity index (χ3n) is 18.8. The molecule has 2 unspecified atom stereocenters. The topological polar surface area (TPSA) is 19.6 Å². The summed E-state index contributed by atoms with van der Waals surface area (Å²) >= 11 is 0. The highest BCUT2D eigenvalue weighted by Gasteiger charge is 2.63. The Balaban J connectivity index is 1.21. The van der Waals surface area contributed by atoms with E-state index >= 15 is 0 Å². The molecule has 1 fully saturated rings. The van der Waals surface area contributed by atoms with Crippen molar-refractivity contribution < 1.29 is 4.42 Å². The summed E-state index contributed by atoms with van der Waals surface area (Å²) in [6, 6.07) is 49.8. The minimum atomic E-state index is -0.112. The van der Waals surface area contributed by atoms with Gasteiger partial charge in [0.15, 0.2) is 5.58 Å². The van der Waals surface area contributed by atoms with Crippen LogP contribution in [0, 0.1) is 0 Å². The molecule has 2 atom stereocenters. The molecule has 4 heteroatoms. The third-order valence-corrected chi connectivity index (χ3v) is 18.8. The molecule has 0 amide bonds. The summed E-state index contributed by atoms with van der Waals surface area (Å²) in [5.74, 6) is 0. The van der Waals surface area contributed by atoms with Gasteiger partial charge in [-0.3, -0.25) is 0 Å². The van der Waals surface area contributed by atoms with Crippen LogP contribution in [-0.4, -0.2) is 12.4 Å². The summed E-state index contributed by atoms with van der Waals surface area (Å²) in [7, 11) is 0. The van der Waals surface area contributed by atoms with Crippen LogP contribution in [0.25, 0.3) is 55.3 Å². The first-order valence-electron chi connectivity index (χ1n) is 26.5. The van der Waals surface area contributed by atoms with E-state index < -0.39 is 0 Å². The number of rotatable bonds is 3. The van der Waals surface area contributed by atoms with Crippen molar-refractivity contribution in [3.8, 4) is 33.4 Å². The Morgan fingerprint density at radius 3 is 1.83 bits per heavy atom. The first kappa shape index (κ1) is 44.0. The molecule has 0 N–H and O–H groups in total. The second-order valence-corrected chi connectivity index (χ2v) is 25.9. The van der Waals surface area contributed by atoms with Crippen molar-refractivity contribution in [2.75, 3.05) is 9.71 Å². The molecule has 3 nitrogen and oxygen atoms in total. The molecule has 4 heterocycles. The molecule has 352 valence electrons. The Kier molecular flexibility index (Phi) is 9.01. The van der Waals surface area contributed by atoms with Gasteiger partial charge in [0.1, 0.15) is 5.58 Å². The van der Waals surface area contributed by atoms with Gasteiger partial charge in [0.25, 0.3) is 0 Å². The highest BCUT2D eigenvalue weighted by molar-refractivity contribution is 6.93. The summed E-state index contributed by atoms with van der Waals surface area (Å²) in [6.45, 7) is 29.2. The van der Waals surface area contributed by atoms with Crippen molar-refractivity contribution >= 4 is 62.5 Å². The van der Waals surface area contributed by atoms with Crippen molar-refractivity contribution in [1.29, 1.82) is 0 Å². The van der Waals surface area contributed by atoms with Crippen LogP contribution in [0.4, 0.5) is 22.7 Å². The smallest absolute Gasteiger partial charge is 0.329 e. The first-order valence-corrected chi connectivity index (χ1v) is 26.5. The van der Waals surface area contributed by atoms with Crippen LogP contribution in [0.1, 0.15) is 149 Å². The minimum Gasteiger partial charge on any atom is -0.454 e. The van der Waals surface area contributed by atoms with Crippen LogP contribution in [0.3, 0.4) is 0 Å². The largest absolute Gasteiger partial charge is 0.454 e. The minimum absolute atomic E-state index is 0.0240. The third kappa shape index (κ3) is 5.95. The predicted molar refractivity (Wildman–Crippen MR) is 299 cm³/mol.